The normalized spacial score (nSPS) is 22.5. The van der Waals surface area contributed by atoms with E-state index in [-0.39, 0.29) is 5.91 Å². The predicted octanol–water partition coefficient (Wildman–Crippen LogP) is 3.96. The topological polar surface area (TPSA) is 50.7 Å². The number of hydrogen-bond acceptors (Lipinski definition) is 4. The molecule has 0 spiro atoms. The van der Waals surface area contributed by atoms with Gasteiger partial charge in [0.25, 0.3) is 5.91 Å². The van der Waals surface area contributed by atoms with Crippen molar-refractivity contribution < 1.29 is 9.53 Å². The van der Waals surface area contributed by atoms with E-state index in [4.69, 9.17) is 4.74 Å². The molecule has 1 N–H and O–H groups in total. The summed E-state index contributed by atoms with van der Waals surface area (Å²) in [5.41, 5.74) is 0.951. The molecule has 1 saturated carbocycles. The van der Waals surface area contributed by atoms with Gasteiger partial charge in [-0.05, 0) is 64.3 Å². The molecule has 1 aromatic rings. The maximum Gasteiger partial charge on any atom is 0.264 e. The van der Waals surface area contributed by atoms with Crippen LogP contribution in [0.5, 0.6) is 5.75 Å². The summed E-state index contributed by atoms with van der Waals surface area (Å²) in [5, 5.41) is 3.59. The second-order valence-corrected chi connectivity index (χ2v) is 7.22. The number of halogens is 1. The molecule has 1 heterocycles. The molecule has 0 unspecified atom stereocenters. The molecule has 22 heavy (non-hydrogen) atoms. The minimum Gasteiger partial charge on any atom is -0.496 e. The van der Waals surface area contributed by atoms with E-state index in [1.165, 1.54) is 24.6 Å². The Bertz CT molecular complexity index is 652. The third kappa shape index (κ3) is 3.55. The van der Waals surface area contributed by atoms with Gasteiger partial charge in [0.2, 0.25) is 0 Å². The summed E-state index contributed by atoms with van der Waals surface area (Å²) in [5.74, 6) is 0.697. The molecular weight excluding hydrogens is 364 g/mol. The highest BCUT2D eigenvalue weighted by Gasteiger charge is 2.25. The van der Waals surface area contributed by atoms with Gasteiger partial charge >= 0.3 is 0 Å². The highest BCUT2D eigenvalue weighted by atomic mass is 79.9. The van der Waals surface area contributed by atoms with Crippen molar-refractivity contribution in [3.05, 3.63) is 33.1 Å². The minimum absolute atomic E-state index is 0.0753. The van der Waals surface area contributed by atoms with Crippen LogP contribution in [-0.2, 0) is 4.79 Å². The van der Waals surface area contributed by atoms with Crippen LogP contribution in [0, 0.1) is 0 Å². The van der Waals surface area contributed by atoms with Gasteiger partial charge in [0.05, 0.1) is 22.5 Å². The zero-order valence-electron chi connectivity index (χ0n) is 12.3. The Labute approximate surface area is 142 Å². The fraction of sp³-hybridized carbons (Fsp3) is 0.375. The van der Waals surface area contributed by atoms with E-state index in [1.54, 1.807) is 7.11 Å². The molecule has 116 valence electrons. The summed E-state index contributed by atoms with van der Waals surface area (Å²) in [6.07, 6.45) is 6.61. The first-order chi connectivity index (χ1) is 10.7. The third-order valence-corrected chi connectivity index (χ3v) is 5.29. The number of amides is 1. The van der Waals surface area contributed by atoms with Gasteiger partial charge in [-0.25, -0.2) is 0 Å². The molecule has 2 fully saturated rings. The van der Waals surface area contributed by atoms with Crippen LogP contribution in [0.15, 0.2) is 32.6 Å². The minimum atomic E-state index is -0.0753. The smallest absolute Gasteiger partial charge is 0.264 e. The van der Waals surface area contributed by atoms with E-state index in [2.05, 4.69) is 26.2 Å². The monoisotopic (exact) mass is 380 g/mol. The molecule has 2 aliphatic rings. The molecule has 0 aromatic heterocycles. The number of methoxy groups -OCH3 is 1. The maximum absolute atomic E-state index is 12.1. The SMILES string of the molecule is COc1ccc(C=C2SC(=NC3CCCC3)NC2=O)cc1Br. The van der Waals surface area contributed by atoms with Crippen molar-refractivity contribution in [2.75, 3.05) is 7.11 Å². The quantitative estimate of drug-likeness (QED) is 0.807. The summed E-state index contributed by atoms with van der Waals surface area (Å²) in [6.45, 7) is 0. The predicted molar refractivity (Wildman–Crippen MR) is 94.1 cm³/mol. The zero-order valence-corrected chi connectivity index (χ0v) is 14.7. The fourth-order valence-electron chi connectivity index (χ4n) is 2.61. The van der Waals surface area contributed by atoms with Crippen molar-refractivity contribution in [2.24, 2.45) is 4.99 Å². The van der Waals surface area contributed by atoms with Gasteiger partial charge < -0.3 is 10.1 Å². The highest BCUT2D eigenvalue weighted by molar-refractivity contribution is 9.10. The van der Waals surface area contributed by atoms with Gasteiger partial charge in [0.15, 0.2) is 5.17 Å². The van der Waals surface area contributed by atoms with E-state index in [1.807, 2.05) is 24.3 Å². The van der Waals surface area contributed by atoms with E-state index < -0.39 is 0 Å². The number of amidine groups is 1. The van der Waals surface area contributed by atoms with E-state index in [9.17, 15) is 4.79 Å². The summed E-state index contributed by atoms with van der Waals surface area (Å²) < 4.78 is 6.08. The lowest BCUT2D eigenvalue weighted by Gasteiger charge is -2.03. The Balaban J connectivity index is 1.76. The summed E-state index contributed by atoms with van der Waals surface area (Å²) in [7, 11) is 1.63. The molecule has 0 atom stereocenters. The first-order valence-electron chi connectivity index (χ1n) is 7.28. The van der Waals surface area contributed by atoms with Gasteiger partial charge in [-0.2, -0.15) is 0 Å². The number of nitrogens with zero attached hydrogens (tertiary/aromatic N) is 1. The summed E-state index contributed by atoms with van der Waals surface area (Å²) in [4.78, 5) is 17.4. The second-order valence-electron chi connectivity index (χ2n) is 5.33. The van der Waals surface area contributed by atoms with Crippen LogP contribution >= 0.6 is 27.7 Å². The van der Waals surface area contributed by atoms with Gasteiger partial charge in [0.1, 0.15) is 5.75 Å². The number of nitrogens with one attached hydrogen (secondary N) is 1. The molecule has 1 aromatic carbocycles. The fourth-order valence-corrected chi connectivity index (χ4v) is 4.06. The molecule has 1 amide bonds. The number of carbonyl (C=O) groups excluding carboxylic acids is 1. The van der Waals surface area contributed by atoms with Crippen LogP contribution in [0.2, 0.25) is 0 Å². The van der Waals surface area contributed by atoms with Crippen molar-refractivity contribution in [1.29, 1.82) is 0 Å². The molecule has 1 saturated heterocycles. The number of hydrogen-bond donors (Lipinski definition) is 1. The molecule has 6 heteroatoms. The van der Waals surface area contributed by atoms with Crippen LogP contribution in [0.25, 0.3) is 6.08 Å². The van der Waals surface area contributed by atoms with E-state index in [0.717, 1.165) is 33.8 Å². The Kier molecular flexibility index (Phi) is 4.88. The van der Waals surface area contributed by atoms with Crippen molar-refractivity contribution in [3.8, 4) is 5.75 Å². The number of rotatable bonds is 3. The van der Waals surface area contributed by atoms with Crippen LogP contribution in [0.1, 0.15) is 31.2 Å². The standard InChI is InChI=1S/C16H17BrN2O2S/c1-21-13-7-6-10(8-12(13)17)9-14-15(20)19-16(22-14)18-11-4-2-3-5-11/h6-9,11H,2-5H2,1H3,(H,18,19,20). The zero-order chi connectivity index (χ0) is 15.5. The van der Waals surface area contributed by atoms with Crippen LogP contribution in [-0.4, -0.2) is 24.2 Å². The number of carbonyl (C=O) groups is 1. The maximum atomic E-state index is 12.1. The Morgan fingerprint density at radius 3 is 2.86 bits per heavy atom. The molecule has 3 rings (SSSR count). The number of thioether (sulfide) groups is 1. The second kappa shape index (κ2) is 6.87. The van der Waals surface area contributed by atoms with Crippen LogP contribution < -0.4 is 10.1 Å². The summed E-state index contributed by atoms with van der Waals surface area (Å²) in [6, 6.07) is 6.11. The molecule has 0 radical (unpaired) electrons. The largest absolute Gasteiger partial charge is 0.496 e. The van der Waals surface area contributed by atoms with Crippen LogP contribution in [0.3, 0.4) is 0 Å². The number of aliphatic imine (C=N–C) groups is 1. The van der Waals surface area contributed by atoms with Gasteiger partial charge in [-0.15, -0.1) is 0 Å². The highest BCUT2D eigenvalue weighted by Crippen LogP contribution is 2.31. The lowest BCUT2D eigenvalue weighted by Crippen LogP contribution is -2.21. The Morgan fingerprint density at radius 2 is 2.18 bits per heavy atom. The molecule has 0 bridgehead atoms. The molecular formula is C16H17BrN2O2S. The van der Waals surface area contributed by atoms with Gasteiger partial charge in [-0.1, -0.05) is 18.9 Å². The van der Waals surface area contributed by atoms with Gasteiger partial charge in [-0.3, -0.25) is 9.79 Å². The average molecular weight is 381 g/mol. The molecule has 4 nitrogen and oxygen atoms in total. The lowest BCUT2D eigenvalue weighted by molar-refractivity contribution is -0.115. The number of benzene rings is 1. The van der Waals surface area contributed by atoms with Crippen molar-refractivity contribution >= 4 is 44.8 Å². The lowest BCUT2D eigenvalue weighted by atomic mass is 10.2. The summed E-state index contributed by atoms with van der Waals surface area (Å²) >= 11 is 4.88. The Hall–Kier alpha value is -1.27. The first-order valence-corrected chi connectivity index (χ1v) is 8.89. The molecule has 1 aliphatic carbocycles. The van der Waals surface area contributed by atoms with E-state index >= 15 is 0 Å². The van der Waals surface area contributed by atoms with Crippen molar-refractivity contribution in [3.63, 3.8) is 0 Å². The van der Waals surface area contributed by atoms with Gasteiger partial charge in [0, 0.05) is 0 Å². The third-order valence-electron chi connectivity index (χ3n) is 3.75. The average Bonchev–Trinajstić information content (AvgIpc) is 3.10. The van der Waals surface area contributed by atoms with Crippen LogP contribution in [0.4, 0.5) is 0 Å². The Morgan fingerprint density at radius 1 is 1.41 bits per heavy atom. The van der Waals surface area contributed by atoms with Crippen molar-refractivity contribution in [2.45, 2.75) is 31.7 Å². The van der Waals surface area contributed by atoms with E-state index in [0.29, 0.717) is 10.9 Å². The first kappa shape index (κ1) is 15.6. The molecule has 1 aliphatic heterocycles. The number of ether oxygens (including phenoxy) is 1. The van der Waals surface area contributed by atoms with Crippen molar-refractivity contribution in [1.82, 2.24) is 5.32 Å².